The Morgan fingerprint density at radius 1 is 1.12 bits per heavy atom. The first-order valence-electron chi connectivity index (χ1n) is 8.43. The Hall–Kier alpha value is -3.22. The van der Waals surface area contributed by atoms with E-state index in [-0.39, 0.29) is 12.5 Å². The van der Waals surface area contributed by atoms with E-state index in [2.05, 4.69) is 15.6 Å². The van der Waals surface area contributed by atoms with Crippen molar-refractivity contribution in [3.05, 3.63) is 53.9 Å². The number of benzene rings is 1. The predicted octanol–water partition coefficient (Wildman–Crippen LogP) is 1.64. The molecular weight excluding hydrogens is 332 g/mol. The molecule has 7 nitrogen and oxygen atoms in total. The van der Waals surface area contributed by atoms with E-state index < -0.39 is 11.8 Å². The lowest BCUT2D eigenvalue weighted by atomic mass is 10.0. The Bertz CT molecular complexity index is 836. The van der Waals surface area contributed by atoms with E-state index >= 15 is 0 Å². The molecule has 0 fully saturated rings. The van der Waals surface area contributed by atoms with Crippen LogP contribution in [0.2, 0.25) is 0 Å². The summed E-state index contributed by atoms with van der Waals surface area (Å²) in [5.74, 6) is -1.43. The Morgan fingerprint density at radius 2 is 1.88 bits per heavy atom. The highest BCUT2D eigenvalue weighted by Gasteiger charge is 2.21. The van der Waals surface area contributed by atoms with Gasteiger partial charge in [0, 0.05) is 43.8 Å². The molecule has 2 heterocycles. The Balaban J connectivity index is 1.62. The molecule has 1 aromatic carbocycles. The third-order valence-electron chi connectivity index (χ3n) is 4.24. The van der Waals surface area contributed by atoms with Crippen LogP contribution in [0.1, 0.15) is 24.5 Å². The number of aryl methyl sites for hydroxylation is 1. The zero-order chi connectivity index (χ0) is 18.5. The largest absolute Gasteiger partial charge is 0.344 e. The molecule has 0 atom stereocenters. The van der Waals surface area contributed by atoms with Gasteiger partial charge >= 0.3 is 11.8 Å². The maximum absolute atomic E-state index is 12.1. The van der Waals surface area contributed by atoms with Crippen molar-refractivity contribution >= 4 is 29.1 Å². The van der Waals surface area contributed by atoms with E-state index in [0.717, 1.165) is 29.7 Å². The van der Waals surface area contributed by atoms with Gasteiger partial charge in [0.05, 0.1) is 0 Å². The molecule has 0 radical (unpaired) electrons. The van der Waals surface area contributed by atoms with Gasteiger partial charge in [0.2, 0.25) is 5.91 Å². The van der Waals surface area contributed by atoms with Crippen molar-refractivity contribution in [3.63, 3.8) is 0 Å². The molecule has 0 aliphatic carbocycles. The first kappa shape index (κ1) is 17.6. The quantitative estimate of drug-likeness (QED) is 0.822. The van der Waals surface area contributed by atoms with Crippen molar-refractivity contribution in [1.29, 1.82) is 0 Å². The maximum Gasteiger partial charge on any atom is 0.313 e. The summed E-state index contributed by atoms with van der Waals surface area (Å²) in [5, 5.41) is 5.18. The molecular formula is C19H20N4O3. The van der Waals surface area contributed by atoms with Crippen LogP contribution in [0.25, 0.3) is 0 Å². The second-order valence-corrected chi connectivity index (χ2v) is 6.11. The highest BCUT2D eigenvalue weighted by atomic mass is 16.2. The van der Waals surface area contributed by atoms with Crippen LogP contribution in [-0.4, -0.2) is 29.3 Å². The van der Waals surface area contributed by atoms with E-state index in [1.54, 1.807) is 41.6 Å². The summed E-state index contributed by atoms with van der Waals surface area (Å²) in [7, 11) is 0. The lowest BCUT2D eigenvalue weighted by Gasteiger charge is -2.28. The molecule has 3 amide bonds. The molecule has 26 heavy (non-hydrogen) atoms. The highest BCUT2D eigenvalue weighted by Crippen LogP contribution is 2.29. The van der Waals surface area contributed by atoms with E-state index in [9.17, 15) is 14.4 Å². The third kappa shape index (κ3) is 4.05. The highest BCUT2D eigenvalue weighted by molar-refractivity contribution is 6.39. The predicted molar refractivity (Wildman–Crippen MR) is 97.5 cm³/mol. The first-order chi connectivity index (χ1) is 12.5. The minimum Gasteiger partial charge on any atom is -0.344 e. The molecule has 2 N–H and O–H groups in total. The number of amides is 3. The van der Waals surface area contributed by atoms with Crippen LogP contribution in [0.5, 0.6) is 0 Å². The summed E-state index contributed by atoms with van der Waals surface area (Å²) in [5.41, 5.74) is 3.25. The van der Waals surface area contributed by atoms with Gasteiger partial charge in [-0.1, -0.05) is 0 Å². The number of nitrogens with one attached hydrogen (secondary N) is 2. The maximum atomic E-state index is 12.1. The number of nitrogens with zero attached hydrogens (tertiary/aromatic N) is 2. The molecule has 7 heteroatoms. The molecule has 134 valence electrons. The second-order valence-electron chi connectivity index (χ2n) is 6.11. The molecule has 1 aromatic heterocycles. The number of pyridine rings is 1. The van der Waals surface area contributed by atoms with Crippen LogP contribution in [0.15, 0.2) is 42.7 Å². The average molecular weight is 352 g/mol. The molecule has 1 aliphatic rings. The molecule has 1 aliphatic heterocycles. The molecule has 0 saturated carbocycles. The minimum absolute atomic E-state index is 0.00164. The van der Waals surface area contributed by atoms with Gasteiger partial charge in [-0.15, -0.1) is 0 Å². The topological polar surface area (TPSA) is 91.4 Å². The van der Waals surface area contributed by atoms with Crippen LogP contribution in [-0.2, 0) is 27.3 Å². The summed E-state index contributed by atoms with van der Waals surface area (Å²) in [6, 6.07) is 8.86. The molecule has 0 bridgehead atoms. The fourth-order valence-corrected chi connectivity index (χ4v) is 2.95. The summed E-state index contributed by atoms with van der Waals surface area (Å²) in [4.78, 5) is 41.4. The monoisotopic (exact) mass is 352 g/mol. The second kappa shape index (κ2) is 7.77. The Labute approximate surface area is 151 Å². The van der Waals surface area contributed by atoms with Gasteiger partial charge < -0.3 is 15.5 Å². The fraction of sp³-hybridized carbons (Fsp3) is 0.263. The molecule has 0 unspecified atom stereocenters. The van der Waals surface area contributed by atoms with Gasteiger partial charge in [0.15, 0.2) is 0 Å². The van der Waals surface area contributed by atoms with E-state index in [4.69, 9.17) is 0 Å². The van der Waals surface area contributed by atoms with Crippen LogP contribution in [0.3, 0.4) is 0 Å². The normalized spacial score (nSPS) is 12.9. The van der Waals surface area contributed by atoms with E-state index in [1.807, 2.05) is 6.07 Å². The Morgan fingerprint density at radius 3 is 2.62 bits per heavy atom. The Kier molecular flexibility index (Phi) is 5.26. The first-order valence-corrected chi connectivity index (χ1v) is 8.43. The van der Waals surface area contributed by atoms with Crippen LogP contribution in [0, 0.1) is 0 Å². The van der Waals surface area contributed by atoms with Crippen LogP contribution in [0.4, 0.5) is 11.4 Å². The van der Waals surface area contributed by atoms with Gasteiger partial charge in [-0.25, -0.2) is 0 Å². The smallest absolute Gasteiger partial charge is 0.313 e. The van der Waals surface area contributed by atoms with E-state index in [1.165, 1.54) is 6.92 Å². The lowest BCUT2D eigenvalue weighted by Crippen LogP contribution is -2.35. The number of aromatic nitrogens is 1. The van der Waals surface area contributed by atoms with Crippen molar-refractivity contribution < 1.29 is 14.4 Å². The SMILES string of the molecule is CC(=O)N1CCCc2cc(NC(=O)C(=O)NCc3ccncc3)ccc21. The van der Waals surface area contributed by atoms with Crippen LogP contribution >= 0.6 is 0 Å². The van der Waals surface area contributed by atoms with Gasteiger partial charge in [0.1, 0.15) is 0 Å². The standard InChI is InChI=1S/C19H20N4O3/c1-13(24)23-10-2-3-15-11-16(4-5-17(15)23)22-19(26)18(25)21-12-14-6-8-20-9-7-14/h4-9,11H,2-3,10,12H2,1H3,(H,21,25)(H,22,26). The van der Waals surface area contributed by atoms with Gasteiger partial charge in [0.25, 0.3) is 0 Å². The number of anilines is 2. The molecule has 0 saturated heterocycles. The zero-order valence-corrected chi connectivity index (χ0v) is 14.5. The molecule has 2 aromatic rings. The van der Waals surface area contributed by atoms with Crippen LogP contribution < -0.4 is 15.5 Å². The van der Waals surface area contributed by atoms with Gasteiger partial charge in [-0.05, 0) is 54.3 Å². The van der Waals surface area contributed by atoms with Crippen molar-refractivity contribution in [1.82, 2.24) is 10.3 Å². The summed E-state index contributed by atoms with van der Waals surface area (Å²) in [6.07, 6.45) is 4.95. The number of rotatable bonds is 3. The lowest BCUT2D eigenvalue weighted by molar-refractivity contribution is -0.136. The molecule has 3 rings (SSSR count). The summed E-state index contributed by atoms with van der Waals surface area (Å²) >= 11 is 0. The number of carbonyl (C=O) groups excluding carboxylic acids is 3. The minimum atomic E-state index is -0.724. The number of carbonyl (C=O) groups is 3. The number of hydrogen-bond acceptors (Lipinski definition) is 4. The van der Waals surface area contributed by atoms with Crippen molar-refractivity contribution in [3.8, 4) is 0 Å². The van der Waals surface area contributed by atoms with Gasteiger partial charge in [-0.2, -0.15) is 0 Å². The van der Waals surface area contributed by atoms with Crippen molar-refractivity contribution in [2.75, 3.05) is 16.8 Å². The van der Waals surface area contributed by atoms with Crippen molar-refractivity contribution in [2.24, 2.45) is 0 Å². The van der Waals surface area contributed by atoms with E-state index in [0.29, 0.717) is 12.2 Å². The summed E-state index contributed by atoms with van der Waals surface area (Å²) in [6.45, 7) is 2.50. The fourth-order valence-electron chi connectivity index (χ4n) is 2.95. The number of hydrogen-bond donors (Lipinski definition) is 2. The average Bonchev–Trinajstić information content (AvgIpc) is 2.66. The summed E-state index contributed by atoms with van der Waals surface area (Å²) < 4.78 is 0. The number of fused-ring (bicyclic) bond motifs is 1. The van der Waals surface area contributed by atoms with Crippen molar-refractivity contribution in [2.45, 2.75) is 26.3 Å². The third-order valence-corrected chi connectivity index (χ3v) is 4.24. The van der Waals surface area contributed by atoms with Gasteiger partial charge in [-0.3, -0.25) is 19.4 Å². The molecule has 0 spiro atoms. The zero-order valence-electron chi connectivity index (χ0n) is 14.5.